The molecule has 0 aliphatic carbocycles. The molecule has 2 saturated heterocycles. The van der Waals surface area contributed by atoms with Crippen molar-refractivity contribution < 1.29 is 19.1 Å². The second kappa shape index (κ2) is 4.65. The Bertz CT molecular complexity index is 512. The number of hydrogen-bond acceptors (Lipinski definition) is 5. The number of nitrogens with zero attached hydrogens (tertiary/aromatic N) is 2. The van der Waals surface area contributed by atoms with E-state index >= 15 is 0 Å². The molecule has 3 rings (SSSR count). The second-order valence-corrected chi connectivity index (χ2v) is 5.44. The molecule has 3 heterocycles. The Morgan fingerprint density at radius 2 is 2.26 bits per heavy atom. The van der Waals surface area contributed by atoms with E-state index in [-0.39, 0.29) is 24.5 Å². The van der Waals surface area contributed by atoms with Gasteiger partial charge in [-0.25, -0.2) is 9.69 Å². The predicted octanol–water partition coefficient (Wildman–Crippen LogP) is 0.941. The minimum Gasteiger partial charge on any atom is -0.439 e. The van der Waals surface area contributed by atoms with Gasteiger partial charge in [0.15, 0.2) is 6.61 Å². The van der Waals surface area contributed by atoms with E-state index in [1.165, 1.54) is 11.3 Å². The van der Waals surface area contributed by atoms with Crippen LogP contribution in [-0.2, 0) is 9.53 Å². The molecule has 0 saturated carbocycles. The molecule has 100 valence electrons. The molecular weight excluding hydrogens is 268 g/mol. The largest absolute Gasteiger partial charge is 0.439 e. The molecule has 0 N–H and O–H groups in total. The van der Waals surface area contributed by atoms with E-state index in [1.54, 1.807) is 11.0 Å². The number of thiophene rings is 1. The molecule has 1 aromatic heterocycles. The van der Waals surface area contributed by atoms with Crippen LogP contribution in [-0.4, -0.2) is 53.4 Å². The summed E-state index contributed by atoms with van der Waals surface area (Å²) in [6.45, 7) is 0.754. The molecule has 1 unspecified atom stereocenters. The molecule has 2 aliphatic heterocycles. The molecule has 7 heteroatoms. The maximum absolute atomic E-state index is 12.1. The highest BCUT2D eigenvalue weighted by atomic mass is 32.1. The molecular formula is C12H12N2O4S. The van der Waals surface area contributed by atoms with Crippen molar-refractivity contribution >= 4 is 29.2 Å². The topological polar surface area (TPSA) is 66.9 Å². The summed E-state index contributed by atoms with van der Waals surface area (Å²) < 4.78 is 4.69. The van der Waals surface area contributed by atoms with Crippen LogP contribution in [0.5, 0.6) is 0 Å². The van der Waals surface area contributed by atoms with Crippen molar-refractivity contribution in [2.24, 2.45) is 0 Å². The molecule has 3 amide bonds. The Balaban J connectivity index is 1.69. The number of amides is 3. The first kappa shape index (κ1) is 12.2. The van der Waals surface area contributed by atoms with Crippen LogP contribution in [0.15, 0.2) is 17.5 Å². The highest BCUT2D eigenvalue weighted by molar-refractivity contribution is 7.12. The van der Waals surface area contributed by atoms with Gasteiger partial charge in [0.05, 0.1) is 10.9 Å². The number of carbonyl (C=O) groups excluding carboxylic acids is 3. The summed E-state index contributed by atoms with van der Waals surface area (Å²) in [5, 5.41) is 1.85. The zero-order chi connectivity index (χ0) is 13.4. The Morgan fingerprint density at radius 1 is 1.42 bits per heavy atom. The lowest BCUT2D eigenvalue weighted by molar-refractivity contribution is -0.127. The average molecular weight is 280 g/mol. The molecule has 2 fully saturated rings. The molecule has 1 aromatic rings. The molecule has 2 aliphatic rings. The van der Waals surface area contributed by atoms with Gasteiger partial charge in [0.2, 0.25) is 0 Å². The summed E-state index contributed by atoms with van der Waals surface area (Å²) in [6.07, 6.45) is 0.0123. The number of cyclic esters (lactones) is 1. The minimum absolute atomic E-state index is 0.0440. The number of ether oxygens (including phenoxy) is 1. The first-order valence-corrected chi connectivity index (χ1v) is 6.86. The van der Waals surface area contributed by atoms with E-state index in [9.17, 15) is 14.4 Å². The van der Waals surface area contributed by atoms with E-state index in [2.05, 4.69) is 0 Å². The zero-order valence-corrected chi connectivity index (χ0v) is 10.9. The predicted molar refractivity (Wildman–Crippen MR) is 66.8 cm³/mol. The van der Waals surface area contributed by atoms with Crippen LogP contribution in [0.25, 0.3) is 0 Å². The first-order valence-electron chi connectivity index (χ1n) is 5.98. The zero-order valence-electron chi connectivity index (χ0n) is 10.1. The minimum atomic E-state index is -0.597. The molecule has 6 nitrogen and oxygen atoms in total. The summed E-state index contributed by atoms with van der Waals surface area (Å²) in [6, 6.07) is 3.34. The first-order chi connectivity index (χ1) is 9.16. The maximum atomic E-state index is 12.1. The highest BCUT2D eigenvalue weighted by Gasteiger charge is 2.41. The number of imide groups is 1. The van der Waals surface area contributed by atoms with E-state index in [4.69, 9.17) is 4.74 Å². The Labute approximate surface area is 113 Å². The third kappa shape index (κ3) is 2.10. The van der Waals surface area contributed by atoms with Gasteiger partial charge in [-0.2, -0.15) is 0 Å². The SMILES string of the molecule is O=C(c1cccs1)N1CCC(N2C(=O)COC2=O)C1. The molecule has 0 radical (unpaired) electrons. The summed E-state index contributed by atoms with van der Waals surface area (Å²) >= 11 is 1.39. The van der Waals surface area contributed by atoms with Gasteiger partial charge < -0.3 is 9.64 Å². The van der Waals surface area contributed by atoms with Crippen molar-refractivity contribution in [2.45, 2.75) is 12.5 Å². The van der Waals surface area contributed by atoms with Crippen LogP contribution in [0.3, 0.4) is 0 Å². The lowest BCUT2D eigenvalue weighted by atomic mass is 10.2. The van der Waals surface area contributed by atoms with Crippen LogP contribution in [0, 0.1) is 0 Å². The van der Waals surface area contributed by atoms with Crippen molar-refractivity contribution in [1.82, 2.24) is 9.80 Å². The van der Waals surface area contributed by atoms with E-state index in [1.807, 2.05) is 11.4 Å². The molecule has 19 heavy (non-hydrogen) atoms. The van der Waals surface area contributed by atoms with Crippen LogP contribution in [0.2, 0.25) is 0 Å². The molecule has 0 aromatic carbocycles. The van der Waals surface area contributed by atoms with Gasteiger partial charge in [-0.1, -0.05) is 6.07 Å². The molecule has 0 spiro atoms. The van der Waals surface area contributed by atoms with E-state index in [0.717, 1.165) is 4.90 Å². The fraction of sp³-hybridized carbons (Fsp3) is 0.417. The average Bonchev–Trinajstić information content (AvgIpc) is 3.10. The third-order valence-electron chi connectivity index (χ3n) is 3.33. The lowest BCUT2D eigenvalue weighted by Crippen LogP contribution is -2.41. The number of carbonyl (C=O) groups is 3. The monoisotopic (exact) mass is 280 g/mol. The summed E-state index contributed by atoms with van der Waals surface area (Å²) in [7, 11) is 0. The second-order valence-electron chi connectivity index (χ2n) is 4.49. The van der Waals surface area contributed by atoms with Crippen molar-refractivity contribution in [2.75, 3.05) is 19.7 Å². The molecule has 0 bridgehead atoms. The van der Waals surface area contributed by atoms with Crippen molar-refractivity contribution in [3.05, 3.63) is 22.4 Å². The van der Waals surface area contributed by atoms with Crippen molar-refractivity contribution in [1.29, 1.82) is 0 Å². The number of likely N-dealkylation sites (tertiary alicyclic amines) is 1. The fourth-order valence-corrected chi connectivity index (χ4v) is 3.10. The van der Waals surface area contributed by atoms with Crippen LogP contribution in [0.4, 0.5) is 4.79 Å². The van der Waals surface area contributed by atoms with Crippen molar-refractivity contribution in [3.63, 3.8) is 0 Å². The van der Waals surface area contributed by atoms with E-state index in [0.29, 0.717) is 24.4 Å². The van der Waals surface area contributed by atoms with Gasteiger partial charge in [0.1, 0.15) is 0 Å². The highest BCUT2D eigenvalue weighted by Crippen LogP contribution is 2.22. The third-order valence-corrected chi connectivity index (χ3v) is 4.19. The van der Waals surface area contributed by atoms with Gasteiger partial charge in [-0.05, 0) is 17.9 Å². The fourth-order valence-electron chi connectivity index (χ4n) is 2.41. The maximum Gasteiger partial charge on any atom is 0.417 e. The van der Waals surface area contributed by atoms with Crippen molar-refractivity contribution in [3.8, 4) is 0 Å². The summed E-state index contributed by atoms with van der Waals surface area (Å²) in [5.41, 5.74) is 0. The van der Waals surface area contributed by atoms with Crippen LogP contribution < -0.4 is 0 Å². The molecule has 1 atom stereocenters. The standard InChI is InChI=1S/C12H12N2O4S/c15-10-7-18-12(17)14(10)8-3-4-13(6-8)11(16)9-2-1-5-19-9/h1-2,5,8H,3-4,6-7H2. The van der Waals surface area contributed by atoms with Crippen LogP contribution in [0.1, 0.15) is 16.1 Å². The Kier molecular flexibility index (Phi) is 2.98. The normalized spacial score (nSPS) is 23.1. The quantitative estimate of drug-likeness (QED) is 0.808. The number of rotatable bonds is 2. The lowest BCUT2D eigenvalue weighted by Gasteiger charge is -2.20. The van der Waals surface area contributed by atoms with Gasteiger partial charge in [-0.3, -0.25) is 9.59 Å². The number of hydrogen-bond donors (Lipinski definition) is 0. The van der Waals surface area contributed by atoms with Gasteiger partial charge in [0.25, 0.3) is 11.8 Å². The summed E-state index contributed by atoms with van der Waals surface area (Å²) in [5.74, 6) is -0.363. The smallest absolute Gasteiger partial charge is 0.417 e. The Hall–Kier alpha value is -1.89. The van der Waals surface area contributed by atoms with E-state index < -0.39 is 6.09 Å². The van der Waals surface area contributed by atoms with Gasteiger partial charge >= 0.3 is 6.09 Å². The Morgan fingerprint density at radius 3 is 2.89 bits per heavy atom. The van der Waals surface area contributed by atoms with Gasteiger partial charge in [0, 0.05) is 13.1 Å². The van der Waals surface area contributed by atoms with Gasteiger partial charge in [-0.15, -0.1) is 11.3 Å². The summed E-state index contributed by atoms with van der Waals surface area (Å²) in [4.78, 5) is 38.7. The van der Waals surface area contributed by atoms with Crippen LogP contribution >= 0.6 is 11.3 Å².